The Morgan fingerprint density at radius 3 is 2.07 bits per heavy atom. The van der Waals surface area contributed by atoms with Gasteiger partial charge in [0.1, 0.15) is 11.3 Å². The molecule has 148 valence electrons. The van der Waals surface area contributed by atoms with Crippen LogP contribution in [-0.2, 0) is 10.4 Å². The smallest absolute Gasteiger partial charge is 0.416 e. The number of nitrogens with zero attached hydrogens (tertiary/aromatic N) is 1. The number of hydroxylamine groups is 2. The monoisotopic (exact) mass is 389 g/mol. The number of benzene rings is 2. The standard InChI is InChI=1S/C22H22F3NO2/c1-5-15-21(26(2)28-4,18-9-7-6-8-10-18)16-20(22(23,24)25)17-11-13-19(27-3)14-12-17/h6-14,16H,1-4H3/b20-16+. The van der Waals surface area contributed by atoms with E-state index in [2.05, 4.69) is 11.8 Å². The molecule has 0 N–H and O–H groups in total. The van der Waals surface area contributed by atoms with E-state index in [9.17, 15) is 13.2 Å². The van der Waals surface area contributed by atoms with Crippen LogP contribution in [0.5, 0.6) is 5.75 Å². The molecule has 28 heavy (non-hydrogen) atoms. The van der Waals surface area contributed by atoms with Crippen molar-refractivity contribution in [3.05, 3.63) is 71.8 Å². The lowest BCUT2D eigenvalue weighted by Gasteiger charge is -2.35. The topological polar surface area (TPSA) is 21.7 Å². The highest BCUT2D eigenvalue weighted by atomic mass is 19.4. The summed E-state index contributed by atoms with van der Waals surface area (Å²) in [5.74, 6) is 6.13. The van der Waals surface area contributed by atoms with E-state index in [1.165, 1.54) is 43.5 Å². The van der Waals surface area contributed by atoms with Gasteiger partial charge in [0, 0.05) is 7.05 Å². The molecule has 0 fully saturated rings. The molecule has 0 aliphatic rings. The predicted molar refractivity (Wildman–Crippen MR) is 103 cm³/mol. The summed E-state index contributed by atoms with van der Waals surface area (Å²) in [5.41, 5.74) is -1.68. The maximum atomic E-state index is 14.0. The molecule has 1 unspecified atom stereocenters. The fourth-order valence-electron chi connectivity index (χ4n) is 2.88. The minimum atomic E-state index is -4.60. The van der Waals surface area contributed by atoms with Gasteiger partial charge in [0.05, 0.1) is 19.8 Å². The lowest BCUT2D eigenvalue weighted by Crippen LogP contribution is -2.41. The SMILES string of the molecule is CC#CC(/C=C(\c1ccc(OC)cc1)C(F)(F)F)(c1ccccc1)N(C)OC. The molecular weight excluding hydrogens is 367 g/mol. The first-order valence-electron chi connectivity index (χ1n) is 8.50. The molecule has 0 aliphatic carbocycles. The van der Waals surface area contributed by atoms with Crippen molar-refractivity contribution in [2.24, 2.45) is 0 Å². The van der Waals surface area contributed by atoms with Gasteiger partial charge < -0.3 is 9.57 Å². The molecule has 0 radical (unpaired) electrons. The summed E-state index contributed by atoms with van der Waals surface area (Å²) in [6.07, 6.45) is -3.50. The number of likely N-dealkylation sites (N-methyl/N-ethyl adjacent to an activating group) is 1. The highest BCUT2D eigenvalue weighted by Gasteiger charge is 2.41. The summed E-state index contributed by atoms with van der Waals surface area (Å²) < 4.78 is 47.2. The zero-order valence-electron chi connectivity index (χ0n) is 16.2. The van der Waals surface area contributed by atoms with Gasteiger partial charge >= 0.3 is 6.18 Å². The molecule has 6 heteroatoms. The van der Waals surface area contributed by atoms with Gasteiger partial charge in [-0.05, 0) is 36.3 Å². The van der Waals surface area contributed by atoms with Gasteiger partial charge in [-0.1, -0.05) is 48.4 Å². The normalized spacial score (nSPS) is 14.2. The molecule has 0 saturated heterocycles. The van der Waals surface area contributed by atoms with Crippen LogP contribution in [0.3, 0.4) is 0 Å². The minimum absolute atomic E-state index is 0.0102. The number of allylic oxidation sites excluding steroid dienone is 1. The van der Waals surface area contributed by atoms with Crippen molar-refractivity contribution in [2.45, 2.75) is 18.6 Å². The van der Waals surface area contributed by atoms with E-state index in [1.807, 2.05) is 0 Å². The van der Waals surface area contributed by atoms with E-state index >= 15 is 0 Å². The summed E-state index contributed by atoms with van der Waals surface area (Å²) in [6, 6.07) is 14.5. The van der Waals surface area contributed by atoms with Crippen molar-refractivity contribution in [1.29, 1.82) is 0 Å². The van der Waals surface area contributed by atoms with Crippen LogP contribution in [0.15, 0.2) is 60.7 Å². The number of halogens is 3. The number of ether oxygens (including phenoxy) is 1. The average molecular weight is 389 g/mol. The van der Waals surface area contributed by atoms with Crippen LogP contribution in [0.25, 0.3) is 5.57 Å². The number of methoxy groups -OCH3 is 1. The summed E-state index contributed by atoms with van der Waals surface area (Å²) >= 11 is 0. The molecule has 2 aromatic carbocycles. The summed E-state index contributed by atoms with van der Waals surface area (Å²) in [4.78, 5) is 5.31. The lowest BCUT2D eigenvalue weighted by atomic mass is 9.86. The molecule has 0 aromatic heterocycles. The first-order valence-corrected chi connectivity index (χ1v) is 8.50. The first-order chi connectivity index (χ1) is 13.3. The molecule has 0 spiro atoms. The molecule has 0 aliphatic heterocycles. The van der Waals surface area contributed by atoms with Crippen molar-refractivity contribution < 1.29 is 22.7 Å². The van der Waals surface area contributed by atoms with E-state index in [0.717, 1.165) is 6.08 Å². The van der Waals surface area contributed by atoms with Crippen LogP contribution in [0.1, 0.15) is 18.1 Å². The zero-order valence-corrected chi connectivity index (χ0v) is 16.2. The van der Waals surface area contributed by atoms with Crippen molar-refractivity contribution in [3.63, 3.8) is 0 Å². The van der Waals surface area contributed by atoms with Gasteiger partial charge in [0.15, 0.2) is 0 Å². The maximum Gasteiger partial charge on any atom is 0.416 e. The molecule has 1 atom stereocenters. The quantitative estimate of drug-likeness (QED) is 0.510. The maximum absolute atomic E-state index is 14.0. The van der Waals surface area contributed by atoms with E-state index < -0.39 is 17.3 Å². The molecule has 0 bridgehead atoms. The first kappa shape index (κ1) is 21.5. The van der Waals surface area contributed by atoms with Gasteiger partial charge in [-0.2, -0.15) is 18.2 Å². The van der Waals surface area contributed by atoms with Gasteiger partial charge in [0.25, 0.3) is 0 Å². The summed E-state index contributed by atoms with van der Waals surface area (Å²) in [5, 5.41) is 1.31. The highest BCUT2D eigenvalue weighted by Crippen LogP contribution is 2.40. The molecule has 0 heterocycles. The van der Waals surface area contributed by atoms with E-state index in [4.69, 9.17) is 9.57 Å². The second-order valence-electron chi connectivity index (χ2n) is 5.97. The van der Waals surface area contributed by atoms with Gasteiger partial charge in [-0.3, -0.25) is 0 Å². The van der Waals surface area contributed by atoms with Crippen LogP contribution < -0.4 is 4.74 Å². The highest BCUT2D eigenvalue weighted by molar-refractivity contribution is 5.72. The third-order valence-electron chi connectivity index (χ3n) is 4.36. The molecule has 2 rings (SSSR count). The molecule has 0 saturated carbocycles. The second-order valence-corrected chi connectivity index (χ2v) is 5.97. The fourth-order valence-corrected chi connectivity index (χ4v) is 2.88. The van der Waals surface area contributed by atoms with Crippen molar-refractivity contribution in [1.82, 2.24) is 5.06 Å². The van der Waals surface area contributed by atoms with E-state index in [-0.39, 0.29) is 5.56 Å². The Morgan fingerprint density at radius 1 is 1.00 bits per heavy atom. The van der Waals surface area contributed by atoms with Crippen LogP contribution in [-0.4, -0.2) is 32.5 Å². The van der Waals surface area contributed by atoms with Crippen LogP contribution in [0.2, 0.25) is 0 Å². The van der Waals surface area contributed by atoms with Crippen molar-refractivity contribution >= 4 is 5.57 Å². The summed E-state index contributed by atoms with van der Waals surface area (Å²) in [7, 11) is 4.40. The van der Waals surface area contributed by atoms with Crippen LogP contribution in [0, 0.1) is 11.8 Å². The van der Waals surface area contributed by atoms with Crippen molar-refractivity contribution in [3.8, 4) is 17.6 Å². The zero-order chi connectivity index (χ0) is 20.8. The Bertz CT molecular complexity index is 865. The van der Waals surface area contributed by atoms with Gasteiger partial charge in [-0.15, -0.1) is 5.92 Å². The van der Waals surface area contributed by atoms with E-state index in [0.29, 0.717) is 11.3 Å². The predicted octanol–water partition coefficient (Wildman–Crippen LogP) is 5.05. The van der Waals surface area contributed by atoms with Gasteiger partial charge in [0.2, 0.25) is 0 Å². The summed E-state index contributed by atoms with van der Waals surface area (Å²) in [6.45, 7) is 1.58. The molecule has 0 amide bonds. The Kier molecular flexibility index (Phi) is 6.90. The Labute approximate surface area is 163 Å². The van der Waals surface area contributed by atoms with Gasteiger partial charge in [-0.25, -0.2) is 0 Å². The largest absolute Gasteiger partial charge is 0.497 e. The molecule has 2 aromatic rings. The number of hydrogen-bond acceptors (Lipinski definition) is 3. The number of hydrogen-bond donors (Lipinski definition) is 0. The number of rotatable bonds is 6. The Hall–Kier alpha value is -2.75. The third-order valence-corrected chi connectivity index (χ3v) is 4.36. The third kappa shape index (κ3) is 4.56. The number of alkyl halides is 3. The van der Waals surface area contributed by atoms with Crippen LogP contribution in [0.4, 0.5) is 13.2 Å². The molecular formula is C22H22F3NO2. The fraction of sp³-hybridized carbons (Fsp3) is 0.273. The van der Waals surface area contributed by atoms with Crippen LogP contribution >= 0.6 is 0 Å². The lowest BCUT2D eigenvalue weighted by molar-refractivity contribution is -0.153. The van der Waals surface area contributed by atoms with E-state index in [1.54, 1.807) is 44.3 Å². The Balaban J connectivity index is 2.79. The Morgan fingerprint density at radius 2 is 1.61 bits per heavy atom. The molecule has 3 nitrogen and oxygen atoms in total. The average Bonchev–Trinajstić information content (AvgIpc) is 2.70. The minimum Gasteiger partial charge on any atom is -0.497 e. The second kappa shape index (κ2) is 8.96. The van der Waals surface area contributed by atoms with Crippen molar-refractivity contribution in [2.75, 3.05) is 21.3 Å².